The molecule has 0 unspecified atom stereocenters. The smallest absolute Gasteiger partial charge is 0.152 e. The summed E-state index contributed by atoms with van der Waals surface area (Å²) in [6.45, 7) is 7.67. The number of sulfone groups is 1. The maximum Gasteiger partial charge on any atom is 0.152 e. The third-order valence-electron chi connectivity index (χ3n) is 4.24. The molecule has 2 aliphatic rings. The number of nitrogens with zero attached hydrogens (tertiary/aromatic N) is 2. The molecule has 0 aromatic rings. The highest BCUT2D eigenvalue weighted by Gasteiger charge is 2.20. The van der Waals surface area contributed by atoms with Gasteiger partial charge in [0.1, 0.15) is 0 Å². The van der Waals surface area contributed by atoms with E-state index in [1.165, 1.54) is 32.2 Å². The summed E-state index contributed by atoms with van der Waals surface area (Å²) >= 11 is 0. The van der Waals surface area contributed by atoms with Crippen molar-refractivity contribution in [1.82, 2.24) is 9.80 Å². The predicted octanol–water partition coefficient (Wildman–Crippen LogP) is 0.609. The van der Waals surface area contributed by atoms with Gasteiger partial charge in [-0.05, 0) is 25.9 Å². The SMILES string of the molecule is O=S1(=O)CCN(CCCCCCN2CCOCC2)CC1. The quantitative estimate of drug-likeness (QED) is 0.645. The van der Waals surface area contributed by atoms with Gasteiger partial charge in [0.05, 0.1) is 24.7 Å². The maximum absolute atomic E-state index is 11.3. The van der Waals surface area contributed by atoms with E-state index in [0.717, 1.165) is 45.9 Å². The monoisotopic (exact) mass is 304 g/mol. The molecule has 0 radical (unpaired) electrons. The molecule has 2 heterocycles. The first kappa shape index (κ1) is 16.2. The summed E-state index contributed by atoms with van der Waals surface area (Å²) < 4.78 is 28.0. The first-order valence-electron chi connectivity index (χ1n) is 7.89. The molecule has 0 aromatic heterocycles. The molecule has 6 heteroatoms. The van der Waals surface area contributed by atoms with Crippen molar-refractivity contribution in [3.63, 3.8) is 0 Å². The van der Waals surface area contributed by atoms with Crippen molar-refractivity contribution in [2.45, 2.75) is 25.7 Å². The van der Waals surface area contributed by atoms with Crippen LogP contribution in [0.25, 0.3) is 0 Å². The lowest BCUT2D eigenvalue weighted by molar-refractivity contribution is 0.0371. The largest absolute Gasteiger partial charge is 0.379 e. The van der Waals surface area contributed by atoms with Crippen molar-refractivity contribution in [3.05, 3.63) is 0 Å². The van der Waals surface area contributed by atoms with Crippen LogP contribution in [-0.4, -0.2) is 82.2 Å². The van der Waals surface area contributed by atoms with Crippen molar-refractivity contribution in [2.24, 2.45) is 0 Å². The normalized spacial score (nSPS) is 24.8. The molecule has 0 saturated carbocycles. The first-order chi connectivity index (χ1) is 9.66. The summed E-state index contributed by atoms with van der Waals surface area (Å²) in [6, 6.07) is 0. The third kappa shape index (κ3) is 6.08. The van der Waals surface area contributed by atoms with Gasteiger partial charge in [-0.1, -0.05) is 12.8 Å². The highest BCUT2D eigenvalue weighted by molar-refractivity contribution is 7.91. The Morgan fingerprint density at radius 1 is 0.750 bits per heavy atom. The average molecular weight is 304 g/mol. The first-order valence-corrected chi connectivity index (χ1v) is 9.71. The zero-order chi connectivity index (χ0) is 14.3. The van der Waals surface area contributed by atoms with E-state index in [2.05, 4.69) is 9.80 Å². The van der Waals surface area contributed by atoms with Gasteiger partial charge in [-0.25, -0.2) is 8.42 Å². The summed E-state index contributed by atoms with van der Waals surface area (Å²) in [4.78, 5) is 4.78. The maximum atomic E-state index is 11.3. The fraction of sp³-hybridized carbons (Fsp3) is 1.00. The molecule has 2 saturated heterocycles. The van der Waals surface area contributed by atoms with Gasteiger partial charge in [0.2, 0.25) is 0 Å². The van der Waals surface area contributed by atoms with E-state index in [0.29, 0.717) is 11.5 Å². The number of unbranched alkanes of at least 4 members (excludes halogenated alkanes) is 3. The number of ether oxygens (including phenoxy) is 1. The molecule has 0 aromatic carbocycles. The Kier molecular flexibility index (Phi) is 6.74. The van der Waals surface area contributed by atoms with E-state index in [1.807, 2.05) is 0 Å². The summed E-state index contributed by atoms with van der Waals surface area (Å²) in [7, 11) is -2.72. The molecule has 118 valence electrons. The Hall–Kier alpha value is -0.170. The van der Waals surface area contributed by atoms with Gasteiger partial charge < -0.3 is 9.64 Å². The van der Waals surface area contributed by atoms with Crippen LogP contribution in [0, 0.1) is 0 Å². The fourth-order valence-electron chi connectivity index (χ4n) is 2.82. The third-order valence-corrected chi connectivity index (χ3v) is 5.85. The van der Waals surface area contributed by atoms with Crippen LogP contribution < -0.4 is 0 Å². The lowest BCUT2D eigenvalue weighted by Gasteiger charge is -2.27. The van der Waals surface area contributed by atoms with Crippen molar-refractivity contribution >= 4 is 9.84 Å². The minimum Gasteiger partial charge on any atom is -0.379 e. The lowest BCUT2D eigenvalue weighted by Crippen LogP contribution is -2.40. The van der Waals surface area contributed by atoms with Gasteiger partial charge in [-0.2, -0.15) is 0 Å². The van der Waals surface area contributed by atoms with Gasteiger partial charge in [0.25, 0.3) is 0 Å². The van der Waals surface area contributed by atoms with Crippen LogP contribution in [0.2, 0.25) is 0 Å². The zero-order valence-electron chi connectivity index (χ0n) is 12.4. The molecule has 2 fully saturated rings. The fourth-order valence-corrected chi connectivity index (χ4v) is 4.10. The van der Waals surface area contributed by atoms with E-state index in [-0.39, 0.29) is 0 Å². The summed E-state index contributed by atoms with van der Waals surface area (Å²) in [5.74, 6) is 0.702. The summed E-state index contributed by atoms with van der Waals surface area (Å²) in [6.07, 6.45) is 5.01. The lowest BCUT2D eigenvalue weighted by atomic mass is 10.1. The molecule has 0 atom stereocenters. The van der Waals surface area contributed by atoms with Crippen molar-refractivity contribution in [2.75, 3.05) is 64.0 Å². The molecule has 0 amide bonds. The standard InChI is InChI=1S/C14H28N2O3S/c17-20(18)13-9-16(10-14-20)6-4-2-1-3-5-15-7-11-19-12-8-15/h1-14H2. The van der Waals surface area contributed by atoms with Crippen LogP contribution in [-0.2, 0) is 14.6 Å². The Morgan fingerprint density at radius 3 is 1.80 bits per heavy atom. The zero-order valence-corrected chi connectivity index (χ0v) is 13.2. The van der Waals surface area contributed by atoms with E-state index in [1.54, 1.807) is 0 Å². The minimum atomic E-state index is -2.72. The second-order valence-electron chi connectivity index (χ2n) is 5.86. The van der Waals surface area contributed by atoms with E-state index >= 15 is 0 Å². The second kappa shape index (κ2) is 8.32. The number of hydrogen-bond acceptors (Lipinski definition) is 5. The van der Waals surface area contributed by atoms with E-state index in [4.69, 9.17) is 4.74 Å². The molecule has 0 N–H and O–H groups in total. The highest BCUT2D eigenvalue weighted by Crippen LogP contribution is 2.08. The van der Waals surface area contributed by atoms with Crippen LogP contribution in [0.4, 0.5) is 0 Å². The van der Waals surface area contributed by atoms with Crippen molar-refractivity contribution < 1.29 is 13.2 Å². The molecule has 0 spiro atoms. The molecule has 2 aliphatic heterocycles. The molecule has 5 nitrogen and oxygen atoms in total. The van der Waals surface area contributed by atoms with Crippen molar-refractivity contribution in [1.29, 1.82) is 0 Å². The Balaban J connectivity index is 1.44. The van der Waals surface area contributed by atoms with Gasteiger partial charge in [0.15, 0.2) is 9.84 Å². The van der Waals surface area contributed by atoms with Crippen LogP contribution >= 0.6 is 0 Å². The van der Waals surface area contributed by atoms with Crippen LogP contribution in [0.5, 0.6) is 0 Å². The topological polar surface area (TPSA) is 49.9 Å². The van der Waals surface area contributed by atoms with E-state index < -0.39 is 9.84 Å². The number of rotatable bonds is 7. The highest BCUT2D eigenvalue weighted by atomic mass is 32.2. The molecular weight excluding hydrogens is 276 g/mol. The minimum absolute atomic E-state index is 0.351. The van der Waals surface area contributed by atoms with Gasteiger partial charge in [-0.3, -0.25) is 4.90 Å². The van der Waals surface area contributed by atoms with Crippen LogP contribution in [0.1, 0.15) is 25.7 Å². The Labute approximate surface area is 123 Å². The summed E-state index contributed by atoms with van der Waals surface area (Å²) in [5, 5.41) is 0. The number of morpholine rings is 1. The van der Waals surface area contributed by atoms with Gasteiger partial charge in [0, 0.05) is 26.2 Å². The molecule has 0 bridgehead atoms. The van der Waals surface area contributed by atoms with Crippen LogP contribution in [0.3, 0.4) is 0 Å². The van der Waals surface area contributed by atoms with Crippen LogP contribution in [0.15, 0.2) is 0 Å². The summed E-state index contributed by atoms with van der Waals surface area (Å²) in [5.41, 5.74) is 0. The molecule has 0 aliphatic carbocycles. The number of hydrogen-bond donors (Lipinski definition) is 0. The molecule has 2 rings (SSSR count). The van der Waals surface area contributed by atoms with Crippen molar-refractivity contribution in [3.8, 4) is 0 Å². The second-order valence-corrected chi connectivity index (χ2v) is 8.17. The van der Waals surface area contributed by atoms with E-state index in [9.17, 15) is 8.42 Å². The Morgan fingerprint density at radius 2 is 1.25 bits per heavy atom. The Bertz CT molecular complexity index is 353. The molecular formula is C14H28N2O3S. The van der Waals surface area contributed by atoms with Gasteiger partial charge >= 0.3 is 0 Å². The predicted molar refractivity (Wildman–Crippen MR) is 80.8 cm³/mol. The average Bonchev–Trinajstić information content (AvgIpc) is 2.45. The molecule has 20 heavy (non-hydrogen) atoms. The van der Waals surface area contributed by atoms with Gasteiger partial charge in [-0.15, -0.1) is 0 Å².